The Morgan fingerprint density at radius 3 is 2.57 bits per heavy atom. The van der Waals surface area contributed by atoms with E-state index in [0.717, 1.165) is 30.9 Å². The number of rotatable bonds is 5. The number of hydrogen-bond donors (Lipinski definition) is 2. The lowest BCUT2D eigenvalue weighted by Gasteiger charge is -2.03. The highest BCUT2D eigenvalue weighted by Gasteiger charge is 2.08. The monoisotopic (exact) mass is 281 g/mol. The van der Waals surface area contributed by atoms with Crippen LogP contribution < -0.4 is 5.32 Å². The van der Waals surface area contributed by atoms with Crippen LogP contribution in [0.3, 0.4) is 0 Å². The van der Waals surface area contributed by atoms with Crippen LogP contribution in [0.1, 0.15) is 18.2 Å². The summed E-state index contributed by atoms with van der Waals surface area (Å²) in [5.41, 5.74) is 3.40. The van der Waals surface area contributed by atoms with Gasteiger partial charge in [0.25, 0.3) is 0 Å². The molecule has 3 rings (SSSR count). The fourth-order valence-corrected chi connectivity index (χ4v) is 2.51. The fraction of sp³-hybridized carbons (Fsp3) is 0.235. The molecule has 108 valence electrons. The van der Waals surface area contributed by atoms with Crippen molar-refractivity contribution in [2.45, 2.75) is 26.6 Å². The number of nitrogens with zero attached hydrogens (tertiary/aromatic N) is 2. The van der Waals surface area contributed by atoms with Crippen LogP contribution >= 0.6 is 0 Å². The molecule has 0 atom stereocenters. The van der Waals surface area contributed by atoms with Crippen molar-refractivity contribution in [3.05, 3.63) is 59.8 Å². The highest BCUT2D eigenvalue weighted by atomic mass is 16.3. The second-order valence-corrected chi connectivity index (χ2v) is 5.05. The Bertz CT molecular complexity index is 731. The van der Waals surface area contributed by atoms with Crippen molar-refractivity contribution in [2.75, 3.05) is 0 Å². The number of para-hydroxylation sites is 1. The number of fused-ring (bicyclic) bond motifs is 1. The zero-order valence-corrected chi connectivity index (χ0v) is 12.1. The minimum Gasteiger partial charge on any atom is -0.508 e. The van der Waals surface area contributed by atoms with E-state index in [1.807, 2.05) is 28.9 Å². The lowest BCUT2D eigenvalue weighted by molar-refractivity contribution is 0.475. The van der Waals surface area contributed by atoms with E-state index in [-0.39, 0.29) is 0 Å². The maximum atomic E-state index is 9.28. The van der Waals surface area contributed by atoms with Crippen molar-refractivity contribution in [1.29, 1.82) is 0 Å². The Hall–Kier alpha value is -2.33. The van der Waals surface area contributed by atoms with E-state index >= 15 is 0 Å². The predicted octanol–water partition coefficient (Wildman–Crippen LogP) is 3.05. The lowest BCUT2D eigenvalue weighted by atomic mass is 10.2. The second-order valence-electron chi connectivity index (χ2n) is 5.05. The number of aryl methyl sites for hydroxylation is 1. The summed E-state index contributed by atoms with van der Waals surface area (Å²) in [5, 5.41) is 18.6. The van der Waals surface area contributed by atoms with Crippen LogP contribution in [-0.4, -0.2) is 14.9 Å². The van der Waals surface area contributed by atoms with Gasteiger partial charge in [-0.25, -0.2) is 0 Å². The van der Waals surface area contributed by atoms with Crippen LogP contribution in [0.4, 0.5) is 0 Å². The molecule has 0 aliphatic heterocycles. The SMILES string of the molecule is CCn1nc(CNCc2ccc(O)cc2)c2ccccc21. The maximum Gasteiger partial charge on any atom is 0.115 e. The smallest absolute Gasteiger partial charge is 0.115 e. The van der Waals surface area contributed by atoms with Gasteiger partial charge in [0.1, 0.15) is 5.75 Å². The molecule has 1 heterocycles. The van der Waals surface area contributed by atoms with Crippen LogP contribution in [0.5, 0.6) is 5.75 Å². The summed E-state index contributed by atoms with van der Waals surface area (Å²) < 4.78 is 2.03. The van der Waals surface area contributed by atoms with Crippen LogP contribution in [0.15, 0.2) is 48.5 Å². The van der Waals surface area contributed by atoms with Gasteiger partial charge in [-0.2, -0.15) is 5.10 Å². The zero-order valence-electron chi connectivity index (χ0n) is 12.1. The number of phenols is 1. The highest BCUT2D eigenvalue weighted by Crippen LogP contribution is 2.18. The van der Waals surface area contributed by atoms with Gasteiger partial charge < -0.3 is 10.4 Å². The Morgan fingerprint density at radius 2 is 1.81 bits per heavy atom. The van der Waals surface area contributed by atoms with Crippen molar-refractivity contribution >= 4 is 10.9 Å². The Balaban J connectivity index is 1.72. The number of nitrogens with one attached hydrogen (secondary N) is 1. The third kappa shape index (κ3) is 2.90. The van der Waals surface area contributed by atoms with Crippen LogP contribution in [0.25, 0.3) is 10.9 Å². The predicted molar refractivity (Wildman–Crippen MR) is 84.1 cm³/mol. The lowest BCUT2D eigenvalue weighted by Crippen LogP contribution is -2.13. The van der Waals surface area contributed by atoms with Crippen molar-refractivity contribution in [3.8, 4) is 5.75 Å². The minimum absolute atomic E-state index is 0.298. The molecule has 2 aromatic carbocycles. The van der Waals surface area contributed by atoms with Crippen LogP contribution in [-0.2, 0) is 19.6 Å². The number of aromatic hydroxyl groups is 1. The standard InChI is InChI=1S/C17H19N3O/c1-2-20-17-6-4-3-5-15(17)16(19-20)12-18-11-13-7-9-14(21)10-8-13/h3-10,18,21H,2,11-12H2,1H3. The highest BCUT2D eigenvalue weighted by molar-refractivity contribution is 5.81. The molecule has 0 saturated carbocycles. The van der Waals surface area contributed by atoms with E-state index < -0.39 is 0 Å². The third-order valence-electron chi connectivity index (χ3n) is 3.59. The summed E-state index contributed by atoms with van der Waals surface area (Å²) in [6.07, 6.45) is 0. The molecule has 0 radical (unpaired) electrons. The van der Waals surface area contributed by atoms with Gasteiger partial charge in [0, 0.05) is 25.0 Å². The first-order valence-corrected chi connectivity index (χ1v) is 7.21. The maximum absolute atomic E-state index is 9.28. The normalized spacial score (nSPS) is 11.1. The summed E-state index contributed by atoms with van der Waals surface area (Å²) in [6, 6.07) is 15.6. The van der Waals surface area contributed by atoms with Gasteiger partial charge in [-0.1, -0.05) is 30.3 Å². The molecule has 2 N–H and O–H groups in total. The first-order valence-electron chi connectivity index (χ1n) is 7.21. The summed E-state index contributed by atoms with van der Waals surface area (Å²) in [7, 11) is 0. The molecule has 0 fully saturated rings. The quantitative estimate of drug-likeness (QED) is 0.755. The van der Waals surface area contributed by atoms with Gasteiger partial charge in [-0.15, -0.1) is 0 Å². The van der Waals surface area contributed by atoms with E-state index in [4.69, 9.17) is 0 Å². The first kappa shape index (κ1) is 13.6. The molecule has 21 heavy (non-hydrogen) atoms. The van der Waals surface area contributed by atoms with Crippen molar-refractivity contribution in [3.63, 3.8) is 0 Å². The van der Waals surface area contributed by atoms with E-state index in [1.54, 1.807) is 12.1 Å². The average molecular weight is 281 g/mol. The summed E-state index contributed by atoms with van der Waals surface area (Å²) >= 11 is 0. The second kappa shape index (κ2) is 5.97. The van der Waals surface area contributed by atoms with Crippen molar-refractivity contribution in [1.82, 2.24) is 15.1 Å². The molecule has 1 aromatic heterocycles. The molecule has 0 bridgehead atoms. The summed E-state index contributed by atoms with van der Waals surface area (Å²) in [6.45, 7) is 4.47. The number of hydrogen-bond acceptors (Lipinski definition) is 3. The third-order valence-corrected chi connectivity index (χ3v) is 3.59. The van der Waals surface area contributed by atoms with Gasteiger partial charge in [0.2, 0.25) is 0 Å². The van der Waals surface area contributed by atoms with Crippen LogP contribution in [0, 0.1) is 0 Å². The Kier molecular flexibility index (Phi) is 3.88. The van der Waals surface area contributed by atoms with E-state index in [2.05, 4.69) is 29.5 Å². The van der Waals surface area contributed by atoms with Gasteiger partial charge >= 0.3 is 0 Å². The Labute approximate surface area is 124 Å². The zero-order chi connectivity index (χ0) is 14.7. The molecule has 0 amide bonds. The molecule has 0 saturated heterocycles. The molecule has 0 unspecified atom stereocenters. The van der Waals surface area contributed by atoms with Crippen LogP contribution in [0.2, 0.25) is 0 Å². The topological polar surface area (TPSA) is 50.1 Å². The number of benzene rings is 2. The molecular weight excluding hydrogens is 262 g/mol. The van der Waals surface area contributed by atoms with Crippen molar-refractivity contribution in [2.24, 2.45) is 0 Å². The summed E-state index contributed by atoms with van der Waals surface area (Å²) in [4.78, 5) is 0. The minimum atomic E-state index is 0.298. The van der Waals surface area contributed by atoms with Gasteiger partial charge in [0.15, 0.2) is 0 Å². The number of aromatic nitrogens is 2. The summed E-state index contributed by atoms with van der Waals surface area (Å²) in [5.74, 6) is 0.298. The van der Waals surface area contributed by atoms with Gasteiger partial charge in [0.05, 0.1) is 11.2 Å². The van der Waals surface area contributed by atoms with E-state index in [0.29, 0.717) is 5.75 Å². The molecule has 3 aromatic rings. The molecule has 0 spiro atoms. The molecule has 0 aliphatic rings. The van der Waals surface area contributed by atoms with Crippen molar-refractivity contribution < 1.29 is 5.11 Å². The number of phenolic OH excluding ortho intramolecular Hbond substituents is 1. The molecule has 0 aliphatic carbocycles. The van der Waals surface area contributed by atoms with E-state index in [1.165, 1.54) is 10.9 Å². The average Bonchev–Trinajstić information content (AvgIpc) is 2.88. The Morgan fingerprint density at radius 1 is 1.05 bits per heavy atom. The van der Waals surface area contributed by atoms with E-state index in [9.17, 15) is 5.11 Å². The molecule has 4 heteroatoms. The fourth-order valence-electron chi connectivity index (χ4n) is 2.51. The largest absolute Gasteiger partial charge is 0.508 e. The first-order chi connectivity index (χ1) is 10.3. The van der Waals surface area contributed by atoms with Gasteiger partial charge in [-0.05, 0) is 30.7 Å². The molecular formula is C17H19N3O. The molecule has 4 nitrogen and oxygen atoms in total. The van der Waals surface area contributed by atoms with Gasteiger partial charge in [-0.3, -0.25) is 4.68 Å².